The lowest BCUT2D eigenvalue weighted by Gasteiger charge is -2.15. The number of methoxy groups -OCH3 is 2. The molecule has 0 spiro atoms. The molecule has 0 saturated heterocycles. The molecule has 26 heavy (non-hydrogen) atoms. The zero-order valence-electron chi connectivity index (χ0n) is 15.4. The summed E-state index contributed by atoms with van der Waals surface area (Å²) in [4.78, 5) is 24.2. The van der Waals surface area contributed by atoms with Crippen molar-refractivity contribution in [2.45, 2.75) is 19.9 Å². The average molecular weight is 357 g/mol. The van der Waals surface area contributed by atoms with Crippen LogP contribution in [-0.2, 0) is 9.53 Å². The summed E-state index contributed by atoms with van der Waals surface area (Å²) in [5.41, 5.74) is 2.06. The van der Waals surface area contributed by atoms with Gasteiger partial charge in [-0.15, -0.1) is 0 Å². The van der Waals surface area contributed by atoms with Crippen LogP contribution in [0.15, 0.2) is 42.5 Å². The van der Waals surface area contributed by atoms with E-state index >= 15 is 0 Å². The van der Waals surface area contributed by atoms with Crippen molar-refractivity contribution in [3.63, 3.8) is 0 Å². The molecule has 2 aromatic rings. The monoisotopic (exact) mass is 357 g/mol. The topological polar surface area (TPSA) is 73.9 Å². The molecular weight excluding hydrogens is 334 g/mol. The van der Waals surface area contributed by atoms with Crippen molar-refractivity contribution in [1.82, 2.24) is 5.32 Å². The first-order chi connectivity index (χ1) is 12.4. The van der Waals surface area contributed by atoms with Crippen LogP contribution >= 0.6 is 0 Å². The predicted molar refractivity (Wildman–Crippen MR) is 97.6 cm³/mol. The fourth-order valence-corrected chi connectivity index (χ4v) is 2.46. The maximum atomic E-state index is 12.1. The van der Waals surface area contributed by atoms with Crippen molar-refractivity contribution < 1.29 is 23.8 Å². The number of hydrogen-bond acceptors (Lipinski definition) is 5. The maximum Gasteiger partial charge on any atom is 0.338 e. The Morgan fingerprint density at radius 3 is 2.19 bits per heavy atom. The Labute approximate surface area is 153 Å². The summed E-state index contributed by atoms with van der Waals surface area (Å²) < 4.78 is 15.3. The first kappa shape index (κ1) is 19.3. The maximum absolute atomic E-state index is 12.1. The molecule has 0 aliphatic rings. The number of nitrogens with one attached hydrogen (secondary N) is 1. The van der Waals surface area contributed by atoms with Gasteiger partial charge >= 0.3 is 5.97 Å². The van der Waals surface area contributed by atoms with Gasteiger partial charge in [-0.1, -0.05) is 12.1 Å². The molecular formula is C20H23NO5. The van der Waals surface area contributed by atoms with Crippen LogP contribution in [0.1, 0.15) is 34.5 Å². The third-order valence-corrected chi connectivity index (χ3v) is 3.98. The van der Waals surface area contributed by atoms with E-state index in [1.165, 1.54) is 0 Å². The molecule has 0 bridgehead atoms. The quantitative estimate of drug-likeness (QED) is 0.771. The van der Waals surface area contributed by atoms with Crippen molar-refractivity contribution in [3.05, 3.63) is 59.2 Å². The minimum atomic E-state index is -0.544. The highest BCUT2D eigenvalue weighted by atomic mass is 16.5. The van der Waals surface area contributed by atoms with E-state index in [9.17, 15) is 9.59 Å². The summed E-state index contributed by atoms with van der Waals surface area (Å²) in [7, 11) is 3.15. The lowest BCUT2D eigenvalue weighted by atomic mass is 10.1. The smallest absolute Gasteiger partial charge is 0.338 e. The fourth-order valence-electron chi connectivity index (χ4n) is 2.46. The van der Waals surface area contributed by atoms with Crippen molar-refractivity contribution >= 4 is 11.9 Å². The number of aryl methyl sites for hydroxylation is 1. The second kappa shape index (κ2) is 8.89. The van der Waals surface area contributed by atoms with Crippen LogP contribution in [0, 0.1) is 6.92 Å². The van der Waals surface area contributed by atoms with Gasteiger partial charge in [0.25, 0.3) is 5.91 Å². The van der Waals surface area contributed by atoms with Gasteiger partial charge in [0.15, 0.2) is 6.61 Å². The fraction of sp³-hybridized carbons (Fsp3) is 0.300. The highest BCUT2D eigenvalue weighted by molar-refractivity contribution is 5.92. The second-order valence-corrected chi connectivity index (χ2v) is 5.82. The first-order valence-electron chi connectivity index (χ1n) is 8.19. The second-order valence-electron chi connectivity index (χ2n) is 5.82. The van der Waals surface area contributed by atoms with Crippen LogP contribution in [0.5, 0.6) is 11.5 Å². The zero-order chi connectivity index (χ0) is 19.1. The largest absolute Gasteiger partial charge is 0.497 e. The summed E-state index contributed by atoms with van der Waals surface area (Å²) in [6.07, 6.45) is 0. The van der Waals surface area contributed by atoms with Crippen LogP contribution in [0.4, 0.5) is 0 Å². The summed E-state index contributed by atoms with van der Waals surface area (Å²) in [5, 5.41) is 2.80. The van der Waals surface area contributed by atoms with E-state index in [0.29, 0.717) is 11.3 Å². The molecule has 1 atom stereocenters. The summed E-state index contributed by atoms with van der Waals surface area (Å²) >= 11 is 0. The third-order valence-electron chi connectivity index (χ3n) is 3.98. The average Bonchev–Trinajstić information content (AvgIpc) is 2.65. The van der Waals surface area contributed by atoms with Crippen LogP contribution in [-0.4, -0.2) is 32.7 Å². The van der Waals surface area contributed by atoms with Crippen LogP contribution in [0.2, 0.25) is 0 Å². The molecule has 0 aliphatic heterocycles. The van der Waals surface area contributed by atoms with E-state index in [-0.39, 0.29) is 18.6 Å². The number of esters is 1. The molecule has 0 radical (unpaired) electrons. The molecule has 2 rings (SSSR count). The van der Waals surface area contributed by atoms with E-state index in [1.54, 1.807) is 39.3 Å². The molecule has 138 valence electrons. The van der Waals surface area contributed by atoms with E-state index in [2.05, 4.69) is 5.32 Å². The van der Waals surface area contributed by atoms with Crippen LogP contribution < -0.4 is 14.8 Å². The van der Waals surface area contributed by atoms with E-state index in [1.807, 2.05) is 31.2 Å². The third kappa shape index (κ3) is 4.99. The molecule has 0 aliphatic carbocycles. The predicted octanol–water partition coefficient (Wildman–Crippen LogP) is 3.05. The van der Waals surface area contributed by atoms with Crippen LogP contribution in [0.3, 0.4) is 0 Å². The van der Waals surface area contributed by atoms with Gasteiger partial charge in [-0.2, -0.15) is 0 Å². The molecule has 0 fully saturated rings. The van der Waals surface area contributed by atoms with E-state index in [0.717, 1.165) is 16.9 Å². The molecule has 0 saturated carbocycles. The number of carbonyl (C=O) groups is 2. The Hall–Kier alpha value is -3.02. The standard InChI is InChI=1S/C20H23NO5/c1-13-11-17(25-4)9-10-18(13)20(23)26-12-19(22)21-14(2)15-5-7-16(24-3)8-6-15/h5-11,14H,12H2,1-4H3,(H,21,22). The molecule has 1 amide bonds. The van der Waals surface area contributed by atoms with E-state index in [4.69, 9.17) is 14.2 Å². The molecule has 1 unspecified atom stereocenters. The molecule has 0 aromatic heterocycles. The van der Waals surface area contributed by atoms with Gasteiger partial charge in [0, 0.05) is 0 Å². The van der Waals surface area contributed by atoms with Crippen LogP contribution in [0.25, 0.3) is 0 Å². The Balaban J connectivity index is 1.88. The Morgan fingerprint density at radius 1 is 1.00 bits per heavy atom. The summed E-state index contributed by atoms with van der Waals surface area (Å²) in [5.74, 6) is 0.492. The van der Waals surface area contributed by atoms with Gasteiger partial charge in [-0.05, 0) is 55.3 Å². The van der Waals surface area contributed by atoms with Gasteiger partial charge in [0.05, 0.1) is 25.8 Å². The highest BCUT2D eigenvalue weighted by Gasteiger charge is 2.15. The Bertz CT molecular complexity index is 770. The normalized spacial score (nSPS) is 11.4. The molecule has 6 nitrogen and oxygen atoms in total. The van der Waals surface area contributed by atoms with Crippen molar-refractivity contribution in [2.75, 3.05) is 20.8 Å². The SMILES string of the molecule is COc1ccc(C(C)NC(=O)COC(=O)c2ccc(OC)cc2C)cc1. The number of rotatable bonds is 7. The molecule has 1 N–H and O–H groups in total. The van der Waals surface area contributed by atoms with Gasteiger partial charge in [0.1, 0.15) is 11.5 Å². The Morgan fingerprint density at radius 2 is 1.62 bits per heavy atom. The first-order valence-corrected chi connectivity index (χ1v) is 8.19. The van der Waals surface area contributed by atoms with Crippen molar-refractivity contribution in [2.24, 2.45) is 0 Å². The van der Waals surface area contributed by atoms with Gasteiger partial charge in [-0.3, -0.25) is 4.79 Å². The minimum absolute atomic E-state index is 0.213. The number of hydrogen-bond donors (Lipinski definition) is 1. The number of benzene rings is 2. The minimum Gasteiger partial charge on any atom is -0.497 e. The summed E-state index contributed by atoms with van der Waals surface area (Å²) in [6.45, 7) is 3.30. The lowest BCUT2D eigenvalue weighted by Crippen LogP contribution is -2.31. The Kier molecular flexibility index (Phi) is 6.60. The summed E-state index contributed by atoms with van der Waals surface area (Å²) in [6, 6.07) is 12.2. The van der Waals surface area contributed by atoms with Crippen molar-refractivity contribution in [3.8, 4) is 11.5 Å². The zero-order valence-corrected chi connectivity index (χ0v) is 15.4. The number of carbonyl (C=O) groups excluding carboxylic acids is 2. The number of ether oxygens (including phenoxy) is 3. The number of amides is 1. The van der Waals surface area contributed by atoms with Gasteiger partial charge in [0.2, 0.25) is 0 Å². The lowest BCUT2D eigenvalue weighted by molar-refractivity contribution is -0.124. The molecule has 6 heteroatoms. The molecule has 0 heterocycles. The van der Waals surface area contributed by atoms with E-state index < -0.39 is 5.97 Å². The highest BCUT2D eigenvalue weighted by Crippen LogP contribution is 2.18. The van der Waals surface area contributed by atoms with Crippen molar-refractivity contribution in [1.29, 1.82) is 0 Å². The molecule has 2 aromatic carbocycles. The van der Waals surface area contributed by atoms with Gasteiger partial charge < -0.3 is 19.5 Å². The van der Waals surface area contributed by atoms with Gasteiger partial charge in [-0.25, -0.2) is 4.79 Å².